The minimum Gasteiger partial charge on any atom is -0.294 e. The van der Waals surface area contributed by atoms with Crippen LogP contribution in [-0.4, -0.2) is 5.78 Å². The molecule has 0 bridgehead atoms. The maximum Gasteiger partial charge on any atom is 0.167 e. The van der Waals surface area contributed by atoms with Gasteiger partial charge in [0.1, 0.15) is 5.82 Å². The summed E-state index contributed by atoms with van der Waals surface area (Å²) in [6, 6.07) is 8.82. The van der Waals surface area contributed by atoms with Gasteiger partial charge in [0.05, 0.1) is 0 Å². The third kappa shape index (κ3) is 2.96. The van der Waals surface area contributed by atoms with Crippen LogP contribution in [-0.2, 0) is 6.42 Å². The Hall–Kier alpha value is -1.96. The number of rotatable bonds is 3. The van der Waals surface area contributed by atoms with E-state index in [1.165, 1.54) is 11.6 Å². The summed E-state index contributed by atoms with van der Waals surface area (Å²) >= 11 is 0. The van der Waals surface area contributed by atoms with Gasteiger partial charge < -0.3 is 0 Å². The lowest BCUT2D eigenvalue weighted by atomic mass is 9.93. The lowest BCUT2D eigenvalue weighted by Gasteiger charge is -2.11. The van der Waals surface area contributed by atoms with E-state index < -0.39 is 0 Å². The highest BCUT2D eigenvalue weighted by Gasteiger charge is 2.12. The van der Waals surface area contributed by atoms with E-state index >= 15 is 0 Å². The van der Waals surface area contributed by atoms with E-state index in [2.05, 4.69) is 12.1 Å². The van der Waals surface area contributed by atoms with Gasteiger partial charge in [-0.3, -0.25) is 4.79 Å². The molecule has 20 heavy (non-hydrogen) atoms. The van der Waals surface area contributed by atoms with Crippen LogP contribution in [0.5, 0.6) is 0 Å². The molecule has 2 aromatic carbocycles. The molecule has 0 aromatic heterocycles. The van der Waals surface area contributed by atoms with Gasteiger partial charge in [-0.15, -0.1) is 0 Å². The van der Waals surface area contributed by atoms with Gasteiger partial charge in [-0.05, 0) is 56.0 Å². The Morgan fingerprint density at radius 3 is 2.10 bits per heavy atom. The SMILES string of the molecule is Cc1cc(C)c(CC(=O)c2ccc(C)c(F)c2)c(C)c1. The van der Waals surface area contributed by atoms with E-state index in [4.69, 9.17) is 0 Å². The second kappa shape index (κ2) is 5.58. The summed E-state index contributed by atoms with van der Waals surface area (Å²) in [6.07, 6.45) is 0.320. The van der Waals surface area contributed by atoms with Crippen LogP contribution in [0, 0.1) is 33.5 Å². The second-order valence-electron chi connectivity index (χ2n) is 5.44. The molecule has 2 heteroatoms. The molecule has 0 N–H and O–H groups in total. The van der Waals surface area contributed by atoms with Crippen LogP contribution < -0.4 is 0 Å². The number of hydrogen-bond acceptors (Lipinski definition) is 1. The summed E-state index contributed by atoms with van der Waals surface area (Å²) in [6.45, 7) is 7.76. The van der Waals surface area contributed by atoms with Crippen LogP contribution >= 0.6 is 0 Å². The van der Waals surface area contributed by atoms with Crippen molar-refractivity contribution < 1.29 is 9.18 Å². The van der Waals surface area contributed by atoms with Gasteiger partial charge in [-0.2, -0.15) is 0 Å². The summed E-state index contributed by atoms with van der Waals surface area (Å²) in [4.78, 5) is 12.3. The van der Waals surface area contributed by atoms with Gasteiger partial charge in [0, 0.05) is 12.0 Å². The molecule has 1 nitrogen and oxygen atoms in total. The molecule has 2 rings (SSSR count). The first-order valence-corrected chi connectivity index (χ1v) is 6.74. The number of benzene rings is 2. The fourth-order valence-electron chi connectivity index (χ4n) is 2.52. The summed E-state index contributed by atoms with van der Waals surface area (Å²) in [5.41, 5.74) is 5.46. The number of carbonyl (C=O) groups is 1. The first-order valence-electron chi connectivity index (χ1n) is 6.74. The standard InChI is InChI=1S/C18H19FO/c1-11-7-13(3)16(14(4)8-11)10-18(20)15-6-5-12(2)17(19)9-15/h5-9H,10H2,1-4H3. The number of carbonyl (C=O) groups excluding carboxylic acids is 1. The highest BCUT2D eigenvalue weighted by atomic mass is 19.1. The van der Waals surface area contributed by atoms with Crippen molar-refractivity contribution in [2.45, 2.75) is 34.1 Å². The molecule has 0 heterocycles. The molecule has 0 spiro atoms. The van der Waals surface area contributed by atoms with E-state index in [0.29, 0.717) is 17.5 Å². The Kier molecular flexibility index (Phi) is 4.03. The van der Waals surface area contributed by atoms with Crippen LogP contribution in [0.25, 0.3) is 0 Å². The molecule has 0 saturated heterocycles. The molecule has 0 unspecified atom stereocenters. The molecule has 0 aliphatic carbocycles. The number of ketones is 1. The molecule has 0 saturated carbocycles. The minimum absolute atomic E-state index is 0.0426. The summed E-state index contributed by atoms with van der Waals surface area (Å²) < 4.78 is 13.5. The first-order chi connectivity index (χ1) is 9.38. The van der Waals surface area contributed by atoms with Crippen LogP contribution in [0.2, 0.25) is 0 Å². The molecule has 0 atom stereocenters. The van der Waals surface area contributed by atoms with Crippen molar-refractivity contribution in [1.82, 2.24) is 0 Å². The van der Waals surface area contributed by atoms with E-state index in [-0.39, 0.29) is 11.6 Å². The van der Waals surface area contributed by atoms with E-state index in [1.807, 2.05) is 20.8 Å². The normalized spacial score (nSPS) is 10.7. The van der Waals surface area contributed by atoms with Gasteiger partial charge in [0.25, 0.3) is 0 Å². The first kappa shape index (κ1) is 14.4. The molecule has 2 aromatic rings. The Bertz CT molecular complexity index is 648. The van der Waals surface area contributed by atoms with Gasteiger partial charge in [0.15, 0.2) is 5.78 Å². The van der Waals surface area contributed by atoms with Gasteiger partial charge >= 0.3 is 0 Å². The molecular formula is C18H19FO. The van der Waals surface area contributed by atoms with E-state index in [9.17, 15) is 9.18 Å². The van der Waals surface area contributed by atoms with Crippen molar-refractivity contribution >= 4 is 5.78 Å². The van der Waals surface area contributed by atoms with Gasteiger partial charge in [-0.1, -0.05) is 29.8 Å². The number of halogens is 1. The van der Waals surface area contributed by atoms with E-state index in [0.717, 1.165) is 16.7 Å². The van der Waals surface area contributed by atoms with Crippen molar-refractivity contribution in [2.24, 2.45) is 0 Å². The molecule has 0 aliphatic rings. The minimum atomic E-state index is -0.326. The number of aryl methyl sites for hydroxylation is 4. The van der Waals surface area contributed by atoms with Crippen molar-refractivity contribution in [3.63, 3.8) is 0 Å². The Morgan fingerprint density at radius 2 is 1.55 bits per heavy atom. The second-order valence-corrected chi connectivity index (χ2v) is 5.44. The quantitative estimate of drug-likeness (QED) is 0.751. The smallest absolute Gasteiger partial charge is 0.167 e. The predicted octanol–water partition coefficient (Wildman–Crippen LogP) is 4.48. The monoisotopic (exact) mass is 270 g/mol. The van der Waals surface area contributed by atoms with Crippen LogP contribution in [0.1, 0.15) is 38.2 Å². The highest BCUT2D eigenvalue weighted by Crippen LogP contribution is 2.19. The lowest BCUT2D eigenvalue weighted by Crippen LogP contribution is -2.07. The van der Waals surface area contributed by atoms with Crippen LogP contribution in [0.15, 0.2) is 30.3 Å². The van der Waals surface area contributed by atoms with E-state index in [1.54, 1.807) is 19.1 Å². The third-order valence-corrected chi connectivity index (χ3v) is 3.67. The summed E-state index contributed by atoms with van der Waals surface area (Å²) in [5, 5.41) is 0. The van der Waals surface area contributed by atoms with Crippen molar-refractivity contribution in [1.29, 1.82) is 0 Å². The predicted molar refractivity (Wildman–Crippen MR) is 79.8 cm³/mol. The zero-order valence-electron chi connectivity index (χ0n) is 12.4. The van der Waals surface area contributed by atoms with Crippen LogP contribution in [0.4, 0.5) is 4.39 Å². The van der Waals surface area contributed by atoms with Crippen molar-refractivity contribution in [2.75, 3.05) is 0 Å². The maximum absolute atomic E-state index is 13.5. The molecule has 0 aliphatic heterocycles. The molecule has 0 fully saturated rings. The molecule has 0 radical (unpaired) electrons. The third-order valence-electron chi connectivity index (χ3n) is 3.67. The summed E-state index contributed by atoms with van der Waals surface area (Å²) in [5.74, 6) is -0.368. The molecule has 0 amide bonds. The summed E-state index contributed by atoms with van der Waals surface area (Å²) in [7, 11) is 0. The zero-order valence-corrected chi connectivity index (χ0v) is 12.4. The Labute approximate surface area is 119 Å². The average molecular weight is 270 g/mol. The van der Waals surface area contributed by atoms with Crippen molar-refractivity contribution in [3.8, 4) is 0 Å². The average Bonchev–Trinajstić information content (AvgIpc) is 2.36. The largest absolute Gasteiger partial charge is 0.294 e. The number of Topliss-reactive ketones (excluding diaryl/α,β-unsaturated/α-hetero) is 1. The molecule has 104 valence electrons. The lowest BCUT2D eigenvalue weighted by molar-refractivity contribution is 0.0992. The van der Waals surface area contributed by atoms with Gasteiger partial charge in [-0.25, -0.2) is 4.39 Å². The van der Waals surface area contributed by atoms with Crippen LogP contribution in [0.3, 0.4) is 0 Å². The maximum atomic E-state index is 13.5. The zero-order chi connectivity index (χ0) is 14.9. The fourth-order valence-corrected chi connectivity index (χ4v) is 2.52. The number of hydrogen-bond donors (Lipinski definition) is 0. The topological polar surface area (TPSA) is 17.1 Å². The van der Waals surface area contributed by atoms with Gasteiger partial charge in [0.2, 0.25) is 0 Å². The van der Waals surface area contributed by atoms with Crippen molar-refractivity contribution in [3.05, 3.63) is 69.5 Å². The molecular weight excluding hydrogens is 251 g/mol. The Morgan fingerprint density at radius 1 is 0.950 bits per heavy atom. The fraction of sp³-hybridized carbons (Fsp3) is 0.278. The highest BCUT2D eigenvalue weighted by molar-refractivity contribution is 5.97. The Balaban J connectivity index is 2.30.